The van der Waals surface area contributed by atoms with Crippen LogP contribution in [0.3, 0.4) is 0 Å². The summed E-state index contributed by atoms with van der Waals surface area (Å²) in [5.41, 5.74) is 7.63. The molecule has 0 fully saturated rings. The molecule has 0 aliphatic carbocycles. The average molecular weight is 238 g/mol. The average Bonchev–Trinajstić information content (AvgIpc) is 2.10. The van der Waals surface area contributed by atoms with Crippen molar-refractivity contribution >= 4 is 5.84 Å². The normalized spacial score (nSPS) is 15.2. The van der Waals surface area contributed by atoms with Gasteiger partial charge in [-0.2, -0.15) is 0 Å². The van der Waals surface area contributed by atoms with Crippen LogP contribution in [0.25, 0.3) is 0 Å². The molecule has 0 spiro atoms. The Bertz CT molecular complexity index is 285. The van der Waals surface area contributed by atoms with Crippen LogP contribution in [0.15, 0.2) is 16.8 Å². The van der Waals surface area contributed by atoms with Gasteiger partial charge in [0, 0.05) is 11.6 Å². The Balaban J connectivity index is 4.83. The zero-order chi connectivity index (χ0) is 13.7. The van der Waals surface area contributed by atoms with Gasteiger partial charge in [0.25, 0.3) is 0 Å². The molecule has 0 aromatic carbocycles. The number of amidine groups is 1. The highest BCUT2D eigenvalue weighted by atomic mass is 14.9. The van der Waals surface area contributed by atoms with E-state index in [-0.39, 0.29) is 5.41 Å². The second kappa shape index (κ2) is 6.23. The first-order valence-corrected chi connectivity index (χ1v) is 6.58. The lowest BCUT2D eigenvalue weighted by Gasteiger charge is -2.20. The van der Waals surface area contributed by atoms with Gasteiger partial charge in [0.05, 0.1) is 0 Å². The van der Waals surface area contributed by atoms with Crippen LogP contribution in [0.4, 0.5) is 0 Å². The molecule has 0 aromatic rings. The molecule has 0 aromatic heterocycles. The van der Waals surface area contributed by atoms with Crippen LogP contribution in [0.5, 0.6) is 0 Å². The fourth-order valence-corrected chi connectivity index (χ4v) is 1.56. The molecule has 0 amide bonds. The minimum absolute atomic E-state index is 0.0461. The second-order valence-electron chi connectivity index (χ2n) is 7.04. The molecule has 17 heavy (non-hydrogen) atoms. The van der Waals surface area contributed by atoms with Crippen molar-refractivity contribution in [1.82, 2.24) is 0 Å². The third-order valence-electron chi connectivity index (χ3n) is 2.48. The number of rotatable bonds is 4. The maximum absolute atomic E-state index is 5.96. The molecule has 2 N–H and O–H groups in total. The topological polar surface area (TPSA) is 38.4 Å². The van der Waals surface area contributed by atoms with Gasteiger partial charge in [-0.15, -0.1) is 0 Å². The molecular weight excluding hydrogens is 208 g/mol. The van der Waals surface area contributed by atoms with Gasteiger partial charge in [0.1, 0.15) is 5.84 Å². The Morgan fingerprint density at radius 2 is 1.65 bits per heavy atom. The molecule has 0 heterocycles. The van der Waals surface area contributed by atoms with Crippen LogP contribution in [0.2, 0.25) is 0 Å². The van der Waals surface area contributed by atoms with Crippen LogP contribution in [-0.2, 0) is 0 Å². The van der Waals surface area contributed by atoms with E-state index in [1.165, 1.54) is 5.57 Å². The molecule has 100 valence electrons. The highest BCUT2D eigenvalue weighted by Gasteiger charge is 2.15. The first-order chi connectivity index (χ1) is 7.56. The molecule has 0 saturated heterocycles. The molecule has 0 aliphatic rings. The van der Waals surface area contributed by atoms with Crippen LogP contribution in [0.1, 0.15) is 67.7 Å². The number of nitrogens with zero attached hydrogens (tertiary/aromatic N) is 1. The van der Waals surface area contributed by atoms with Crippen LogP contribution < -0.4 is 5.73 Å². The smallest absolute Gasteiger partial charge is 0.104 e. The first kappa shape index (κ1) is 16.2. The zero-order valence-electron chi connectivity index (χ0n) is 12.7. The summed E-state index contributed by atoms with van der Waals surface area (Å²) < 4.78 is 0. The zero-order valence-corrected chi connectivity index (χ0v) is 12.7. The van der Waals surface area contributed by atoms with Crippen LogP contribution in [0, 0.1) is 10.8 Å². The fourth-order valence-electron chi connectivity index (χ4n) is 1.56. The Kier molecular flexibility index (Phi) is 5.94. The van der Waals surface area contributed by atoms with Crippen molar-refractivity contribution in [2.45, 2.75) is 67.7 Å². The van der Waals surface area contributed by atoms with Gasteiger partial charge in [-0.1, -0.05) is 60.5 Å². The van der Waals surface area contributed by atoms with E-state index in [1.807, 2.05) is 6.20 Å². The summed E-state index contributed by atoms with van der Waals surface area (Å²) in [5, 5.41) is 0. The summed E-state index contributed by atoms with van der Waals surface area (Å²) in [6.45, 7) is 15.2. The van der Waals surface area contributed by atoms with Crippen molar-refractivity contribution < 1.29 is 0 Å². The van der Waals surface area contributed by atoms with Crippen molar-refractivity contribution in [3.63, 3.8) is 0 Å². The predicted molar refractivity (Wildman–Crippen MR) is 78.1 cm³/mol. The minimum atomic E-state index is -0.0461. The lowest BCUT2D eigenvalue weighted by Crippen LogP contribution is -2.28. The molecule has 0 atom stereocenters. The Labute approximate surface area is 107 Å². The molecule has 0 aliphatic heterocycles. The largest absolute Gasteiger partial charge is 0.387 e. The molecular formula is C15H30N2. The maximum atomic E-state index is 5.96. The van der Waals surface area contributed by atoms with Gasteiger partial charge in [0.2, 0.25) is 0 Å². The van der Waals surface area contributed by atoms with Gasteiger partial charge in [-0.05, 0) is 18.3 Å². The van der Waals surface area contributed by atoms with Gasteiger partial charge >= 0.3 is 0 Å². The van der Waals surface area contributed by atoms with Gasteiger partial charge < -0.3 is 5.73 Å². The monoisotopic (exact) mass is 238 g/mol. The summed E-state index contributed by atoms with van der Waals surface area (Å²) in [5.74, 6) is 0.708. The number of aliphatic imine (C=N–C) groups is 1. The predicted octanol–water partition coefficient (Wildman–Crippen LogP) is 4.51. The maximum Gasteiger partial charge on any atom is 0.104 e. The minimum Gasteiger partial charge on any atom is -0.387 e. The SMILES string of the molecule is CCC/C(=C\N=C(/N)C(C)(C)C)CC(C)(C)C. The molecule has 0 unspecified atom stereocenters. The molecule has 2 nitrogen and oxygen atoms in total. The van der Waals surface area contributed by atoms with Crippen molar-refractivity contribution in [2.75, 3.05) is 0 Å². The van der Waals surface area contributed by atoms with Crippen molar-refractivity contribution in [3.05, 3.63) is 11.8 Å². The molecule has 0 saturated carbocycles. The van der Waals surface area contributed by atoms with E-state index < -0.39 is 0 Å². The summed E-state index contributed by atoms with van der Waals surface area (Å²) in [4.78, 5) is 4.43. The highest BCUT2D eigenvalue weighted by Crippen LogP contribution is 2.26. The van der Waals surface area contributed by atoms with E-state index in [4.69, 9.17) is 5.73 Å². The highest BCUT2D eigenvalue weighted by molar-refractivity contribution is 5.85. The van der Waals surface area contributed by atoms with Crippen molar-refractivity contribution in [2.24, 2.45) is 21.6 Å². The van der Waals surface area contributed by atoms with E-state index in [9.17, 15) is 0 Å². The van der Waals surface area contributed by atoms with E-state index in [0.29, 0.717) is 11.3 Å². The Hall–Kier alpha value is -0.790. The van der Waals surface area contributed by atoms with Crippen molar-refractivity contribution in [3.8, 4) is 0 Å². The number of hydrogen-bond donors (Lipinski definition) is 1. The van der Waals surface area contributed by atoms with E-state index in [1.54, 1.807) is 0 Å². The number of nitrogens with two attached hydrogens (primary N) is 1. The number of allylic oxidation sites excluding steroid dienone is 1. The van der Waals surface area contributed by atoms with Gasteiger partial charge in [0.15, 0.2) is 0 Å². The fraction of sp³-hybridized carbons (Fsp3) is 0.800. The summed E-state index contributed by atoms with van der Waals surface area (Å²) >= 11 is 0. The molecule has 0 radical (unpaired) electrons. The first-order valence-electron chi connectivity index (χ1n) is 6.58. The third-order valence-corrected chi connectivity index (χ3v) is 2.48. The standard InChI is InChI=1S/C15H30N2/c1-8-9-12(10-14(2,3)4)11-17-13(16)15(5,6)7/h11H,8-10H2,1-7H3,(H2,16,17)/b12-11+. The molecule has 0 rings (SSSR count). The van der Waals surface area contributed by atoms with Gasteiger partial charge in [-0.25, -0.2) is 4.99 Å². The summed E-state index contributed by atoms with van der Waals surface area (Å²) in [7, 11) is 0. The number of hydrogen-bond acceptors (Lipinski definition) is 1. The van der Waals surface area contributed by atoms with E-state index in [0.717, 1.165) is 19.3 Å². The van der Waals surface area contributed by atoms with E-state index in [2.05, 4.69) is 53.5 Å². The lowest BCUT2D eigenvalue weighted by atomic mass is 9.87. The molecule has 2 heteroatoms. The lowest BCUT2D eigenvalue weighted by molar-refractivity contribution is 0.403. The third kappa shape index (κ3) is 8.00. The molecule has 0 bridgehead atoms. The van der Waals surface area contributed by atoms with Gasteiger partial charge in [-0.3, -0.25) is 0 Å². The van der Waals surface area contributed by atoms with Crippen LogP contribution >= 0.6 is 0 Å². The van der Waals surface area contributed by atoms with Crippen molar-refractivity contribution in [1.29, 1.82) is 0 Å². The Morgan fingerprint density at radius 3 is 2.00 bits per heavy atom. The Morgan fingerprint density at radius 1 is 1.12 bits per heavy atom. The second-order valence-corrected chi connectivity index (χ2v) is 7.04. The summed E-state index contributed by atoms with van der Waals surface area (Å²) in [6, 6.07) is 0. The van der Waals surface area contributed by atoms with E-state index >= 15 is 0 Å². The van der Waals surface area contributed by atoms with Crippen LogP contribution in [-0.4, -0.2) is 5.84 Å². The quantitative estimate of drug-likeness (QED) is 0.568. The summed E-state index contributed by atoms with van der Waals surface area (Å²) in [6.07, 6.45) is 5.34.